The van der Waals surface area contributed by atoms with Crippen LogP contribution in [0.4, 0.5) is 0 Å². The van der Waals surface area contributed by atoms with Gasteiger partial charge in [-0.1, -0.05) is 55.3 Å². The third-order valence-corrected chi connectivity index (χ3v) is 6.40. The molecule has 2 aromatic rings. The molecule has 0 radical (unpaired) electrons. The lowest BCUT2D eigenvalue weighted by Gasteiger charge is -2.28. The normalized spacial score (nSPS) is 17.9. The summed E-state index contributed by atoms with van der Waals surface area (Å²) in [6.45, 7) is 1.47. The Balaban J connectivity index is 1.36. The Morgan fingerprint density at radius 3 is 2.73 bits per heavy atom. The molecule has 1 aliphatic heterocycles. The van der Waals surface area contributed by atoms with Crippen LogP contribution >= 0.6 is 11.8 Å². The van der Waals surface area contributed by atoms with Crippen molar-refractivity contribution in [2.45, 2.75) is 56.1 Å². The van der Waals surface area contributed by atoms with Crippen molar-refractivity contribution in [3.05, 3.63) is 41.2 Å². The summed E-state index contributed by atoms with van der Waals surface area (Å²) in [6.07, 6.45) is 6.94. The van der Waals surface area contributed by atoms with Gasteiger partial charge < -0.3 is 10.7 Å². The number of rotatable bonds is 4. The molecule has 4 rings (SSSR count). The molecule has 2 aliphatic rings. The van der Waals surface area contributed by atoms with Crippen molar-refractivity contribution in [3.63, 3.8) is 0 Å². The molecule has 0 atom stereocenters. The summed E-state index contributed by atoms with van der Waals surface area (Å²) in [7, 11) is 0. The van der Waals surface area contributed by atoms with Crippen LogP contribution in [0.5, 0.6) is 0 Å². The van der Waals surface area contributed by atoms with Crippen LogP contribution < -0.4 is 5.84 Å². The monoisotopic (exact) mass is 371 g/mol. The number of nitrogen functional groups attached to an aromatic ring is 1. The van der Waals surface area contributed by atoms with E-state index in [1.54, 1.807) is 4.68 Å². The molecule has 7 heteroatoms. The lowest BCUT2D eigenvalue weighted by molar-refractivity contribution is -0.129. The minimum absolute atomic E-state index is 0.131. The highest BCUT2D eigenvalue weighted by atomic mass is 32.2. The number of carbonyl (C=O) groups excluding carboxylic acids is 1. The minimum Gasteiger partial charge on any atom is -0.337 e. The summed E-state index contributed by atoms with van der Waals surface area (Å²) < 4.78 is 1.60. The van der Waals surface area contributed by atoms with Crippen molar-refractivity contribution in [1.82, 2.24) is 19.8 Å². The maximum Gasteiger partial charge on any atom is 0.233 e. The molecule has 0 saturated heterocycles. The summed E-state index contributed by atoms with van der Waals surface area (Å²) in [5.74, 6) is 7.96. The number of fused-ring (bicyclic) bond motifs is 1. The number of nitrogens with two attached hydrogens (primary N) is 1. The molecule has 1 aromatic carbocycles. The van der Waals surface area contributed by atoms with Gasteiger partial charge in [0.1, 0.15) is 0 Å². The van der Waals surface area contributed by atoms with Gasteiger partial charge >= 0.3 is 0 Å². The van der Waals surface area contributed by atoms with Crippen LogP contribution in [-0.2, 0) is 17.8 Å². The Kier molecular flexibility index (Phi) is 5.15. The maximum atomic E-state index is 12.6. The minimum atomic E-state index is 0.131. The van der Waals surface area contributed by atoms with Crippen molar-refractivity contribution in [1.29, 1.82) is 0 Å². The van der Waals surface area contributed by atoms with Gasteiger partial charge in [-0.25, -0.2) is 4.68 Å². The van der Waals surface area contributed by atoms with Crippen LogP contribution in [0.1, 0.15) is 55.0 Å². The average Bonchev–Trinajstić information content (AvgIpc) is 3.07. The highest BCUT2D eigenvalue weighted by Gasteiger charge is 2.24. The zero-order valence-corrected chi connectivity index (χ0v) is 15.7. The molecule has 26 heavy (non-hydrogen) atoms. The van der Waals surface area contributed by atoms with E-state index in [0.717, 1.165) is 31.6 Å². The Morgan fingerprint density at radius 2 is 1.92 bits per heavy atom. The number of benzene rings is 1. The zero-order valence-electron chi connectivity index (χ0n) is 14.9. The van der Waals surface area contributed by atoms with Crippen LogP contribution in [0.15, 0.2) is 29.4 Å². The van der Waals surface area contributed by atoms with E-state index in [4.69, 9.17) is 5.84 Å². The number of thioether (sulfide) groups is 1. The summed E-state index contributed by atoms with van der Waals surface area (Å²) in [5.41, 5.74) is 2.60. The van der Waals surface area contributed by atoms with Gasteiger partial charge in [0.05, 0.1) is 5.75 Å². The Hall–Kier alpha value is -2.02. The molecule has 1 aliphatic carbocycles. The van der Waals surface area contributed by atoms with E-state index >= 15 is 0 Å². The molecule has 1 aromatic heterocycles. The summed E-state index contributed by atoms with van der Waals surface area (Å²) in [5, 5.41) is 9.16. The molecule has 1 amide bonds. The fourth-order valence-corrected chi connectivity index (χ4v) is 4.72. The third kappa shape index (κ3) is 3.58. The van der Waals surface area contributed by atoms with Gasteiger partial charge in [-0.3, -0.25) is 4.79 Å². The van der Waals surface area contributed by atoms with Crippen molar-refractivity contribution < 1.29 is 4.79 Å². The van der Waals surface area contributed by atoms with Gasteiger partial charge in [-0.2, -0.15) is 0 Å². The second-order valence-electron chi connectivity index (χ2n) is 7.17. The molecule has 1 saturated carbocycles. The van der Waals surface area contributed by atoms with Crippen LogP contribution in [0.25, 0.3) is 0 Å². The molecule has 6 nitrogen and oxygen atoms in total. The number of amides is 1. The largest absolute Gasteiger partial charge is 0.337 e. The predicted octanol–water partition coefficient (Wildman–Crippen LogP) is 2.72. The number of hydrogen-bond acceptors (Lipinski definition) is 5. The maximum absolute atomic E-state index is 12.6. The first kappa shape index (κ1) is 17.4. The van der Waals surface area contributed by atoms with E-state index in [0.29, 0.717) is 23.4 Å². The molecule has 0 unspecified atom stereocenters. The van der Waals surface area contributed by atoms with Crippen molar-refractivity contribution in [2.24, 2.45) is 0 Å². The quantitative estimate of drug-likeness (QED) is 0.660. The van der Waals surface area contributed by atoms with Gasteiger partial charge in [-0.05, 0) is 30.4 Å². The number of nitrogens with zero attached hydrogens (tertiary/aromatic N) is 4. The van der Waals surface area contributed by atoms with Crippen LogP contribution in [0, 0.1) is 0 Å². The highest BCUT2D eigenvalue weighted by Crippen LogP contribution is 2.32. The first-order valence-electron chi connectivity index (χ1n) is 9.40. The molecule has 0 bridgehead atoms. The fraction of sp³-hybridized carbons (Fsp3) is 0.526. The topological polar surface area (TPSA) is 77.0 Å². The third-order valence-electron chi connectivity index (χ3n) is 5.47. The lowest BCUT2D eigenvalue weighted by atomic mass is 9.89. The van der Waals surface area contributed by atoms with Crippen LogP contribution in [0.2, 0.25) is 0 Å². The van der Waals surface area contributed by atoms with E-state index in [1.807, 2.05) is 11.0 Å². The molecule has 2 N–H and O–H groups in total. The second-order valence-corrected chi connectivity index (χ2v) is 8.11. The summed E-state index contributed by atoms with van der Waals surface area (Å²) >= 11 is 1.39. The first-order valence-corrected chi connectivity index (χ1v) is 10.4. The SMILES string of the molecule is Nn1c(SCC(=O)N2CCc3ccccc3C2)nnc1C1CCCCC1. The number of carbonyl (C=O) groups is 1. The molecule has 2 heterocycles. The van der Waals surface area contributed by atoms with Gasteiger partial charge in [-0.15, -0.1) is 10.2 Å². The molecular weight excluding hydrogens is 346 g/mol. The van der Waals surface area contributed by atoms with Crippen molar-refractivity contribution >= 4 is 17.7 Å². The van der Waals surface area contributed by atoms with E-state index in [2.05, 4.69) is 28.4 Å². The standard InChI is InChI=1S/C19H25N5OS/c20-24-18(15-7-2-1-3-8-15)21-22-19(24)26-13-17(25)23-11-10-14-6-4-5-9-16(14)12-23/h4-6,9,15H,1-3,7-8,10-13,20H2. The molecular formula is C19H25N5OS. The Bertz CT molecular complexity index is 784. The summed E-state index contributed by atoms with van der Waals surface area (Å²) in [4.78, 5) is 14.5. The molecule has 138 valence electrons. The predicted molar refractivity (Wildman–Crippen MR) is 102 cm³/mol. The second kappa shape index (κ2) is 7.70. The Morgan fingerprint density at radius 1 is 1.15 bits per heavy atom. The Labute approximate surface area is 158 Å². The van der Waals surface area contributed by atoms with Gasteiger partial charge in [0, 0.05) is 19.0 Å². The van der Waals surface area contributed by atoms with Crippen LogP contribution in [0.3, 0.4) is 0 Å². The lowest BCUT2D eigenvalue weighted by Crippen LogP contribution is -2.37. The number of hydrogen-bond donors (Lipinski definition) is 1. The first-order chi connectivity index (χ1) is 12.7. The zero-order chi connectivity index (χ0) is 17.9. The smallest absolute Gasteiger partial charge is 0.233 e. The summed E-state index contributed by atoms with van der Waals surface area (Å²) in [6, 6.07) is 8.35. The van der Waals surface area contributed by atoms with Crippen molar-refractivity contribution in [2.75, 3.05) is 18.1 Å². The van der Waals surface area contributed by atoms with E-state index in [9.17, 15) is 4.79 Å². The average molecular weight is 372 g/mol. The van der Waals surface area contributed by atoms with E-state index < -0.39 is 0 Å². The van der Waals surface area contributed by atoms with E-state index in [-0.39, 0.29) is 5.91 Å². The van der Waals surface area contributed by atoms with Crippen LogP contribution in [-0.4, -0.2) is 38.0 Å². The molecule has 0 spiro atoms. The van der Waals surface area contributed by atoms with Gasteiger partial charge in [0.25, 0.3) is 0 Å². The molecule has 1 fully saturated rings. The highest BCUT2D eigenvalue weighted by molar-refractivity contribution is 7.99. The van der Waals surface area contributed by atoms with Gasteiger partial charge in [0.2, 0.25) is 11.1 Å². The van der Waals surface area contributed by atoms with Gasteiger partial charge in [0.15, 0.2) is 5.82 Å². The van der Waals surface area contributed by atoms with Crippen molar-refractivity contribution in [3.8, 4) is 0 Å². The van der Waals surface area contributed by atoms with E-state index in [1.165, 1.54) is 42.2 Å². The fourth-order valence-electron chi connectivity index (χ4n) is 3.95. The number of aromatic nitrogens is 3.